The number of amides is 2. The quantitative estimate of drug-likeness (QED) is 0.630. The molecule has 29 heavy (non-hydrogen) atoms. The number of benzene rings is 1. The Morgan fingerprint density at radius 3 is 2.38 bits per heavy atom. The van der Waals surface area contributed by atoms with Crippen molar-refractivity contribution >= 4 is 23.3 Å². The van der Waals surface area contributed by atoms with Crippen LogP contribution in [0.5, 0.6) is 0 Å². The van der Waals surface area contributed by atoms with Gasteiger partial charge in [-0.3, -0.25) is 14.4 Å². The second-order valence-corrected chi connectivity index (χ2v) is 7.14. The van der Waals surface area contributed by atoms with E-state index in [0.717, 1.165) is 0 Å². The molecule has 0 unspecified atom stereocenters. The highest BCUT2D eigenvalue weighted by Crippen LogP contribution is 2.24. The Balaban J connectivity index is 1.89. The molecule has 3 rings (SSSR count). The van der Waals surface area contributed by atoms with Crippen LogP contribution in [0.3, 0.4) is 0 Å². The fourth-order valence-electron chi connectivity index (χ4n) is 3.51. The van der Waals surface area contributed by atoms with Gasteiger partial charge >= 0.3 is 0 Å². The molecule has 1 aromatic carbocycles. The van der Waals surface area contributed by atoms with Crippen molar-refractivity contribution in [2.75, 3.05) is 31.6 Å². The van der Waals surface area contributed by atoms with Crippen molar-refractivity contribution in [2.45, 2.75) is 20.8 Å². The van der Waals surface area contributed by atoms with Crippen LogP contribution in [0.2, 0.25) is 0 Å². The van der Waals surface area contributed by atoms with Gasteiger partial charge in [-0.1, -0.05) is 6.07 Å². The van der Waals surface area contributed by atoms with Crippen LogP contribution < -0.4 is 5.32 Å². The summed E-state index contributed by atoms with van der Waals surface area (Å²) in [5, 5.41) is 2.66. The molecular weight excluding hydrogens is 377 g/mol. The van der Waals surface area contributed by atoms with E-state index < -0.39 is 23.4 Å². The Hall–Kier alpha value is -3.00. The van der Waals surface area contributed by atoms with Crippen LogP contribution >= 0.6 is 0 Å². The normalized spacial score (nSPS) is 14.0. The molecule has 0 spiro atoms. The maximum atomic E-state index is 13.8. The molecule has 2 amide bonds. The lowest BCUT2D eigenvalue weighted by Crippen LogP contribution is -2.44. The largest absolute Gasteiger partial charge is 0.378 e. The van der Waals surface area contributed by atoms with Crippen LogP contribution in [0.25, 0.3) is 0 Å². The van der Waals surface area contributed by atoms with Gasteiger partial charge in [-0.05, 0) is 44.0 Å². The van der Waals surface area contributed by atoms with Gasteiger partial charge in [0.25, 0.3) is 17.6 Å². The Morgan fingerprint density at radius 2 is 1.76 bits per heavy atom. The zero-order chi connectivity index (χ0) is 21.3. The number of aromatic nitrogens is 1. The number of carbonyl (C=O) groups is 3. The molecule has 0 radical (unpaired) electrons. The number of halogens is 1. The number of ketones is 1. The zero-order valence-electron chi connectivity index (χ0n) is 17.0. The number of nitrogens with one attached hydrogen (secondary N) is 1. The number of Topliss-reactive ketones (excluding diaryl/α,β-unsaturated/α-hetero) is 1. The molecule has 154 valence electrons. The van der Waals surface area contributed by atoms with Crippen molar-refractivity contribution < 1.29 is 23.5 Å². The fourth-order valence-corrected chi connectivity index (χ4v) is 3.51. The van der Waals surface area contributed by atoms with Crippen molar-refractivity contribution in [3.05, 3.63) is 52.1 Å². The van der Waals surface area contributed by atoms with Gasteiger partial charge < -0.3 is 19.5 Å². The molecule has 2 heterocycles. The Kier molecular flexibility index (Phi) is 5.83. The van der Waals surface area contributed by atoms with E-state index >= 15 is 0 Å². The standard InChI is InChI=1S/C21H24FN3O4/c1-12-5-6-15(11-16(12)22)23-20(27)18-13(2)17(14(3)24(18)4)19(26)21(28)25-7-9-29-10-8-25/h5-6,11H,7-10H2,1-4H3,(H,23,27). The van der Waals surface area contributed by atoms with Gasteiger partial charge in [0.15, 0.2) is 0 Å². The van der Waals surface area contributed by atoms with E-state index in [-0.39, 0.29) is 11.3 Å². The van der Waals surface area contributed by atoms with Crippen LogP contribution in [0, 0.1) is 26.6 Å². The molecule has 1 N–H and O–H groups in total. The van der Waals surface area contributed by atoms with E-state index in [1.54, 1.807) is 44.5 Å². The molecule has 0 atom stereocenters. The highest BCUT2D eigenvalue weighted by molar-refractivity contribution is 6.43. The van der Waals surface area contributed by atoms with E-state index in [1.807, 2.05) is 0 Å². The number of anilines is 1. The van der Waals surface area contributed by atoms with E-state index in [9.17, 15) is 18.8 Å². The first kappa shape index (κ1) is 20.7. The molecule has 8 heteroatoms. The molecule has 1 aliphatic heterocycles. The monoisotopic (exact) mass is 401 g/mol. The lowest BCUT2D eigenvalue weighted by atomic mass is 10.0. The smallest absolute Gasteiger partial charge is 0.295 e. The molecule has 0 aliphatic carbocycles. The van der Waals surface area contributed by atoms with Crippen molar-refractivity contribution in [3.63, 3.8) is 0 Å². The highest BCUT2D eigenvalue weighted by atomic mass is 19.1. The molecule has 7 nitrogen and oxygen atoms in total. The zero-order valence-corrected chi connectivity index (χ0v) is 17.0. The van der Waals surface area contributed by atoms with Crippen molar-refractivity contribution in [2.24, 2.45) is 7.05 Å². The predicted molar refractivity (Wildman–Crippen MR) is 106 cm³/mol. The third-order valence-corrected chi connectivity index (χ3v) is 5.29. The average Bonchev–Trinajstić information content (AvgIpc) is 2.93. The topological polar surface area (TPSA) is 80.6 Å². The van der Waals surface area contributed by atoms with E-state index in [1.165, 1.54) is 11.0 Å². The third-order valence-electron chi connectivity index (χ3n) is 5.29. The first-order valence-corrected chi connectivity index (χ1v) is 9.37. The van der Waals surface area contributed by atoms with Gasteiger partial charge in [-0.2, -0.15) is 0 Å². The maximum absolute atomic E-state index is 13.8. The van der Waals surface area contributed by atoms with Gasteiger partial charge in [-0.15, -0.1) is 0 Å². The minimum Gasteiger partial charge on any atom is -0.378 e. The fraction of sp³-hybridized carbons (Fsp3) is 0.381. The number of carbonyl (C=O) groups excluding carboxylic acids is 3. The Bertz CT molecular complexity index is 990. The second kappa shape index (κ2) is 8.16. The number of hydrogen-bond acceptors (Lipinski definition) is 4. The van der Waals surface area contributed by atoms with Crippen LogP contribution in [0.15, 0.2) is 18.2 Å². The summed E-state index contributed by atoms with van der Waals surface area (Å²) in [5.74, 6) is -2.14. The van der Waals surface area contributed by atoms with Crippen LogP contribution in [-0.2, 0) is 16.6 Å². The molecule has 1 fully saturated rings. The van der Waals surface area contributed by atoms with E-state index in [4.69, 9.17) is 4.74 Å². The summed E-state index contributed by atoms with van der Waals surface area (Å²) < 4.78 is 20.6. The Labute approximate surface area is 168 Å². The van der Waals surface area contributed by atoms with Crippen LogP contribution in [-0.4, -0.2) is 53.4 Å². The minimum atomic E-state index is -0.641. The summed E-state index contributed by atoms with van der Waals surface area (Å²) in [4.78, 5) is 39.8. The summed E-state index contributed by atoms with van der Waals surface area (Å²) in [7, 11) is 1.66. The molecule has 1 saturated heterocycles. The van der Waals surface area contributed by atoms with Crippen LogP contribution in [0.1, 0.15) is 37.7 Å². The van der Waals surface area contributed by atoms with E-state index in [2.05, 4.69) is 5.32 Å². The number of nitrogens with zero attached hydrogens (tertiary/aromatic N) is 2. The SMILES string of the molecule is Cc1ccc(NC(=O)c2c(C)c(C(=O)C(=O)N3CCOCC3)c(C)n2C)cc1F. The number of hydrogen-bond donors (Lipinski definition) is 1. The van der Waals surface area contributed by atoms with Crippen molar-refractivity contribution in [1.29, 1.82) is 0 Å². The number of ether oxygens (including phenoxy) is 1. The molecule has 0 bridgehead atoms. The molecular formula is C21H24FN3O4. The van der Waals surface area contributed by atoms with E-state index in [0.29, 0.717) is 48.8 Å². The number of aryl methyl sites for hydroxylation is 1. The predicted octanol–water partition coefficient (Wildman–Crippen LogP) is 2.38. The lowest BCUT2D eigenvalue weighted by Gasteiger charge is -2.26. The maximum Gasteiger partial charge on any atom is 0.295 e. The molecule has 1 aliphatic rings. The minimum absolute atomic E-state index is 0.226. The molecule has 2 aromatic rings. The summed E-state index contributed by atoms with van der Waals surface area (Å²) in [6.45, 7) is 6.48. The summed E-state index contributed by atoms with van der Waals surface area (Å²) in [6.07, 6.45) is 0. The summed E-state index contributed by atoms with van der Waals surface area (Å²) >= 11 is 0. The molecule has 1 aromatic heterocycles. The van der Waals surface area contributed by atoms with Gasteiger partial charge in [0.1, 0.15) is 11.5 Å². The van der Waals surface area contributed by atoms with Gasteiger partial charge in [-0.25, -0.2) is 4.39 Å². The van der Waals surface area contributed by atoms with Crippen molar-refractivity contribution in [1.82, 2.24) is 9.47 Å². The lowest BCUT2D eigenvalue weighted by molar-refractivity contribution is -0.130. The van der Waals surface area contributed by atoms with Crippen LogP contribution in [0.4, 0.5) is 10.1 Å². The van der Waals surface area contributed by atoms with Gasteiger partial charge in [0.05, 0.1) is 18.8 Å². The van der Waals surface area contributed by atoms with Crippen molar-refractivity contribution in [3.8, 4) is 0 Å². The van der Waals surface area contributed by atoms with Gasteiger partial charge in [0, 0.05) is 31.5 Å². The molecule has 0 saturated carbocycles. The number of rotatable bonds is 4. The number of morpholine rings is 1. The average molecular weight is 401 g/mol. The summed E-state index contributed by atoms with van der Waals surface area (Å²) in [5.41, 5.74) is 2.21. The Morgan fingerprint density at radius 1 is 1.10 bits per heavy atom. The summed E-state index contributed by atoms with van der Waals surface area (Å²) in [6, 6.07) is 4.42. The first-order chi connectivity index (χ1) is 13.7. The third kappa shape index (κ3) is 3.93. The second-order valence-electron chi connectivity index (χ2n) is 7.14. The highest BCUT2D eigenvalue weighted by Gasteiger charge is 2.31. The van der Waals surface area contributed by atoms with Gasteiger partial charge in [0.2, 0.25) is 0 Å². The first-order valence-electron chi connectivity index (χ1n) is 9.37.